The van der Waals surface area contributed by atoms with E-state index in [4.69, 9.17) is 9.47 Å². The molecule has 0 saturated carbocycles. The molecule has 0 bridgehead atoms. The van der Waals surface area contributed by atoms with Gasteiger partial charge in [0.1, 0.15) is 11.2 Å². The van der Waals surface area contributed by atoms with Crippen LogP contribution in [-0.2, 0) is 11.2 Å². The van der Waals surface area contributed by atoms with E-state index in [2.05, 4.69) is 0 Å². The van der Waals surface area contributed by atoms with E-state index in [-0.39, 0.29) is 25.3 Å². The molecular formula is C16H22FNO4. The Morgan fingerprint density at radius 3 is 2.59 bits per heavy atom. The molecule has 1 fully saturated rings. The Labute approximate surface area is 129 Å². The van der Waals surface area contributed by atoms with Crippen molar-refractivity contribution in [3.8, 4) is 5.75 Å². The Kier molecular flexibility index (Phi) is 4.33. The smallest absolute Gasteiger partial charge is 0.410 e. The fourth-order valence-electron chi connectivity index (χ4n) is 2.44. The van der Waals surface area contributed by atoms with Gasteiger partial charge in [-0.2, -0.15) is 0 Å². The number of amides is 1. The largest absolute Gasteiger partial charge is 0.494 e. The molecule has 1 heterocycles. The van der Waals surface area contributed by atoms with E-state index in [1.807, 2.05) is 0 Å². The molecule has 1 saturated heterocycles. The van der Waals surface area contributed by atoms with Crippen molar-refractivity contribution in [2.45, 2.75) is 38.4 Å². The Hall–Kier alpha value is -1.82. The number of carbonyl (C=O) groups is 1. The molecule has 1 aromatic carbocycles. The number of benzene rings is 1. The van der Waals surface area contributed by atoms with Crippen molar-refractivity contribution in [2.24, 2.45) is 0 Å². The van der Waals surface area contributed by atoms with E-state index in [1.54, 1.807) is 32.9 Å². The summed E-state index contributed by atoms with van der Waals surface area (Å²) in [5, 5.41) is 10.4. The van der Waals surface area contributed by atoms with Gasteiger partial charge in [-0.1, -0.05) is 12.1 Å². The van der Waals surface area contributed by atoms with Crippen LogP contribution in [0.1, 0.15) is 26.3 Å². The standard InChI is InChI=1S/C16H22FNO4/c1-15(2,3)22-14(19)18-9-16(20,10-18)8-11-6-5-7-12(21-4)13(11)17/h5-7,20H,8-10H2,1-4H3. The van der Waals surface area contributed by atoms with Gasteiger partial charge in [-0.3, -0.25) is 0 Å². The van der Waals surface area contributed by atoms with Crippen molar-refractivity contribution in [3.05, 3.63) is 29.6 Å². The zero-order valence-electron chi connectivity index (χ0n) is 13.4. The van der Waals surface area contributed by atoms with Crippen molar-refractivity contribution in [2.75, 3.05) is 20.2 Å². The van der Waals surface area contributed by atoms with E-state index < -0.39 is 23.1 Å². The normalized spacial score (nSPS) is 16.9. The lowest BCUT2D eigenvalue weighted by molar-refractivity contribution is -0.0977. The average molecular weight is 311 g/mol. The first-order valence-electron chi connectivity index (χ1n) is 7.15. The number of rotatable bonds is 3. The van der Waals surface area contributed by atoms with Crippen molar-refractivity contribution in [1.82, 2.24) is 4.90 Å². The molecule has 0 aliphatic carbocycles. The summed E-state index contributed by atoms with van der Waals surface area (Å²) in [6, 6.07) is 4.80. The zero-order valence-corrected chi connectivity index (χ0v) is 13.4. The summed E-state index contributed by atoms with van der Waals surface area (Å²) in [5.41, 5.74) is -1.35. The third-order valence-corrected chi connectivity index (χ3v) is 3.40. The molecule has 6 heteroatoms. The lowest BCUT2D eigenvalue weighted by atomic mass is 9.87. The highest BCUT2D eigenvalue weighted by Gasteiger charge is 2.45. The second-order valence-electron chi connectivity index (χ2n) is 6.67. The number of likely N-dealkylation sites (tertiary alicyclic amines) is 1. The summed E-state index contributed by atoms with van der Waals surface area (Å²) in [7, 11) is 1.39. The minimum atomic E-state index is -1.13. The zero-order chi connectivity index (χ0) is 16.5. The van der Waals surface area contributed by atoms with E-state index in [0.717, 1.165) is 0 Å². The van der Waals surface area contributed by atoms with Gasteiger partial charge in [0.15, 0.2) is 11.6 Å². The Morgan fingerprint density at radius 2 is 2.05 bits per heavy atom. The molecule has 0 spiro atoms. The van der Waals surface area contributed by atoms with Crippen LogP contribution in [0.15, 0.2) is 18.2 Å². The van der Waals surface area contributed by atoms with Gasteiger partial charge in [-0.15, -0.1) is 0 Å². The van der Waals surface area contributed by atoms with Gasteiger partial charge in [0.2, 0.25) is 0 Å². The maximum absolute atomic E-state index is 14.1. The van der Waals surface area contributed by atoms with Crippen molar-refractivity contribution >= 4 is 6.09 Å². The van der Waals surface area contributed by atoms with Crippen LogP contribution in [0.4, 0.5) is 9.18 Å². The third kappa shape index (κ3) is 3.68. The molecule has 0 aromatic heterocycles. The van der Waals surface area contributed by atoms with Crippen molar-refractivity contribution < 1.29 is 23.8 Å². The second kappa shape index (κ2) is 5.76. The second-order valence-corrected chi connectivity index (χ2v) is 6.67. The van der Waals surface area contributed by atoms with Crippen LogP contribution in [0.25, 0.3) is 0 Å². The van der Waals surface area contributed by atoms with E-state index in [1.165, 1.54) is 18.1 Å². The number of aliphatic hydroxyl groups is 1. The molecule has 1 amide bonds. The van der Waals surface area contributed by atoms with Crippen LogP contribution < -0.4 is 4.74 Å². The van der Waals surface area contributed by atoms with Gasteiger partial charge < -0.3 is 19.5 Å². The average Bonchev–Trinajstić information content (AvgIpc) is 2.36. The fraction of sp³-hybridized carbons (Fsp3) is 0.562. The highest BCUT2D eigenvalue weighted by atomic mass is 19.1. The molecule has 0 atom stereocenters. The molecule has 1 N–H and O–H groups in total. The van der Waals surface area contributed by atoms with Gasteiger partial charge in [-0.05, 0) is 32.4 Å². The first-order chi connectivity index (χ1) is 10.1. The van der Waals surface area contributed by atoms with Crippen molar-refractivity contribution in [1.29, 1.82) is 0 Å². The molecule has 0 unspecified atom stereocenters. The minimum absolute atomic E-state index is 0.120. The molecular weight excluding hydrogens is 289 g/mol. The lowest BCUT2D eigenvalue weighted by Crippen LogP contribution is -2.65. The predicted octanol–water partition coefficient (Wildman–Crippen LogP) is 2.36. The summed E-state index contributed by atoms with van der Waals surface area (Å²) in [6.45, 7) is 5.59. The molecule has 22 heavy (non-hydrogen) atoms. The number of nitrogens with zero attached hydrogens (tertiary/aromatic N) is 1. The number of hydrogen-bond donors (Lipinski definition) is 1. The van der Waals surface area contributed by atoms with Gasteiger partial charge in [-0.25, -0.2) is 9.18 Å². The highest BCUT2D eigenvalue weighted by molar-refractivity contribution is 5.69. The molecule has 5 nitrogen and oxygen atoms in total. The van der Waals surface area contributed by atoms with Gasteiger partial charge in [0, 0.05) is 6.42 Å². The van der Waals surface area contributed by atoms with E-state index in [0.29, 0.717) is 5.56 Å². The quantitative estimate of drug-likeness (QED) is 0.931. The maximum Gasteiger partial charge on any atom is 0.410 e. The monoisotopic (exact) mass is 311 g/mol. The first kappa shape index (κ1) is 16.5. The number of hydrogen-bond acceptors (Lipinski definition) is 4. The van der Waals surface area contributed by atoms with Crippen LogP contribution in [0, 0.1) is 5.82 Å². The fourth-order valence-corrected chi connectivity index (χ4v) is 2.44. The highest BCUT2D eigenvalue weighted by Crippen LogP contribution is 2.30. The van der Waals surface area contributed by atoms with Crippen LogP contribution in [0.2, 0.25) is 0 Å². The molecule has 1 aromatic rings. The van der Waals surface area contributed by atoms with Crippen molar-refractivity contribution in [3.63, 3.8) is 0 Å². The Morgan fingerprint density at radius 1 is 1.41 bits per heavy atom. The van der Waals surface area contributed by atoms with E-state index in [9.17, 15) is 14.3 Å². The number of halogens is 1. The third-order valence-electron chi connectivity index (χ3n) is 3.40. The predicted molar refractivity (Wildman–Crippen MR) is 79.4 cm³/mol. The summed E-state index contributed by atoms with van der Waals surface area (Å²) in [6.07, 6.45) is -0.349. The maximum atomic E-state index is 14.1. The minimum Gasteiger partial charge on any atom is -0.494 e. The molecule has 122 valence electrons. The number of methoxy groups -OCH3 is 1. The summed E-state index contributed by atoms with van der Waals surface area (Å²) < 4.78 is 24.3. The topological polar surface area (TPSA) is 59.0 Å². The lowest BCUT2D eigenvalue weighted by Gasteiger charge is -2.46. The summed E-state index contributed by atoms with van der Waals surface area (Å²) in [4.78, 5) is 13.3. The summed E-state index contributed by atoms with van der Waals surface area (Å²) >= 11 is 0. The van der Waals surface area contributed by atoms with Gasteiger partial charge >= 0.3 is 6.09 Å². The first-order valence-corrected chi connectivity index (χ1v) is 7.15. The Balaban J connectivity index is 1.98. The molecule has 1 aliphatic rings. The van der Waals surface area contributed by atoms with Crippen LogP contribution in [0.3, 0.4) is 0 Å². The summed E-state index contributed by atoms with van der Waals surface area (Å²) in [5.74, 6) is -0.335. The molecule has 1 aliphatic heterocycles. The van der Waals surface area contributed by atoms with Crippen LogP contribution in [0.5, 0.6) is 5.75 Å². The Bertz CT molecular complexity index is 562. The van der Waals surface area contributed by atoms with Crippen LogP contribution in [-0.4, -0.2) is 47.5 Å². The number of carbonyl (C=O) groups excluding carboxylic acids is 1. The van der Waals surface area contributed by atoms with Gasteiger partial charge in [0.25, 0.3) is 0 Å². The number of β-amino-alcohol motifs (C(OH)–C–C–N with tert-alkyl or cyclic N) is 1. The van der Waals surface area contributed by atoms with E-state index >= 15 is 0 Å². The number of ether oxygens (including phenoxy) is 2. The van der Waals surface area contributed by atoms with Crippen LogP contribution >= 0.6 is 0 Å². The van der Waals surface area contributed by atoms with Gasteiger partial charge in [0.05, 0.1) is 20.2 Å². The molecule has 0 radical (unpaired) electrons. The SMILES string of the molecule is COc1cccc(CC2(O)CN(C(=O)OC(C)(C)C)C2)c1F. The molecule has 2 rings (SSSR count).